The Bertz CT molecular complexity index is 1200. The largest absolute Gasteiger partial charge is 0.492 e. The normalized spacial score (nSPS) is 13.3. The van der Waals surface area contributed by atoms with Crippen molar-refractivity contribution in [3.63, 3.8) is 0 Å². The molecule has 0 bridgehead atoms. The second-order valence-corrected chi connectivity index (χ2v) is 9.88. The summed E-state index contributed by atoms with van der Waals surface area (Å²) in [6, 6.07) is 18.0. The minimum Gasteiger partial charge on any atom is -0.492 e. The van der Waals surface area contributed by atoms with E-state index in [2.05, 4.69) is 5.32 Å². The number of rotatable bonds is 10. The molecule has 174 valence electrons. The van der Waals surface area contributed by atoms with Crippen LogP contribution in [0.15, 0.2) is 82.6 Å². The van der Waals surface area contributed by atoms with Gasteiger partial charge in [0.15, 0.2) is 0 Å². The third-order valence-electron chi connectivity index (χ3n) is 4.94. The molecule has 0 unspecified atom stereocenters. The SMILES string of the molecule is C[C@H](COc1ccc(S(=O)(=O)c2ccc(C(=O)O)cc2)cc1)NC[C@H](O)c1cccc(Cl)c1. The van der Waals surface area contributed by atoms with Crippen LogP contribution in [0.25, 0.3) is 0 Å². The second kappa shape index (κ2) is 10.8. The predicted octanol–water partition coefficient (Wildman–Crippen LogP) is 3.96. The van der Waals surface area contributed by atoms with Gasteiger partial charge < -0.3 is 20.3 Å². The van der Waals surface area contributed by atoms with Gasteiger partial charge >= 0.3 is 5.97 Å². The molecule has 0 aromatic heterocycles. The summed E-state index contributed by atoms with van der Waals surface area (Å²) in [4.78, 5) is 11.0. The van der Waals surface area contributed by atoms with E-state index >= 15 is 0 Å². The Morgan fingerprint density at radius 2 is 1.64 bits per heavy atom. The van der Waals surface area contributed by atoms with Gasteiger partial charge in [0.1, 0.15) is 12.4 Å². The molecule has 0 saturated heterocycles. The summed E-state index contributed by atoms with van der Waals surface area (Å²) in [7, 11) is -3.78. The molecule has 3 aromatic carbocycles. The predicted molar refractivity (Wildman–Crippen MR) is 125 cm³/mol. The van der Waals surface area contributed by atoms with Gasteiger partial charge in [-0.15, -0.1) is 0 Å². The molecule has 0 heterocycles. The highest BCUT2D eigenvalue weighted by atomic mass is 35.5. The van der Waals surface area contributed by atoms with Gasteiger partial charge in [0.05, 0.1) is 21.5 Å². The lowest BCUT2D eigenvalue weighted by atomic mass is 10.1. The highest BCUT2D eigenvalue weighted by molar-refractivity contribution is 7.91. The summed E-state index contributed by atoms with van der Waals surface area (Å²) in [5.74, 6) is -0.623. The number of ether oxygens (including phenoxy) is 1. The highest BCUT2D eigenvalue weighted by Gasteiger charge is 2.18. The summed E-state index contributed by atoms with van der Waals surface area (Å²) < 4.78 is 31.2. The average Bonchev–Trinajstić information content (AvgIpc) is 2.81. The number of carboxylic acid groups (broad SMARTS) is 1. The van der Waals surface area contributed by atoms with Gasteiger partial charge in [0, 0.05) is 17.6 Å². The summed E-state index contributed by atoms with van der Waals surface area (Å²) in [6.45, 7) is 2.54. The number of halogens is 1. The lowest BCUT2D eigenvalue weighted by Gasteiger charge is -2.18. The fourth-order valence-corrected chi connectivity index (χ4v) is 4.51. The molecule has 2 atom stereocenters. The first-order chi connectivity index (χ1) is 15.7. The van der Waals surface area contributed by atoms with Crippen molar-refractivity contribution >= 4 is 27.4 Å². The molecule has 0 radical (unpaired) electrons. The lowest BCUT2D eigenvalue weighted by Crippen LogP contribution is -2.34. The Morgan fingerprint density at radius 3 is 2.21 bits per heavy atom. The average molecular weight is 490 g/mol. The van der Waals surface area contributed by atoms with Crippen molar-refractivity contribution in [3.8, 4) is 5.75 Å². The minimum atomic E-state index is -3.78. The molecular formula is C24H24ClNO6S. The minimum absolute atomic E-state index is 0.0113. The van der Waals surface area contributed by atoms with E-state index in [4.69, 9.17) is 21.4 Å². The van der Waals surface area contributed by atoms with E-state index in [0.717, 1.165) is 5.56 Å². The molecule has 0 saturated carbocycles. The second-order valence-electron chi connectivity index (χ2n) is 7.50. The molecule has 0 fully saturated rings. The standard InChI is InChI=1S/C24H24ClNO6S/c1-16(26-14-23(27)18-3-2-4-19(25)13-18)15-32-20-7-11-22(12-8-20)33(30,31)21-9-5-17(6-10-21)24(28)29/h2-13,16,23,26-27H,14-15H2,1H3,(H,28,29)/t16-,23+/m1/s1. The van der Waals surface area contributed by atoms with Gasteiger partial charge in [0.25, 0.3) is 0 Å². The first-order valence-corrected chi connectivity index (χ1v) is 12.0. The van der Waals surface area contributed by atoms with E-state index < -0.39 is 21.9 Å². The van der Waals surface area contributed by atoms with Crippen LogP contribution in [0, 0.1) is 0 Å². The Morgan fingerprint density at radius 1 is 1.03 bits per heavy atom. The number of aliphatic hydroxyl groups excluding tert-OH is 1. The quantitative estimate of drug-likeness (QED) is 0.395. The maximum atomic E-state index is 12.7. The fourth-order valence-electron chi connectivity index (χ4n) is 3.05. The maximum Gasteiger partial charge on any atom is 0.335 e. The van der Waals surface area contributed by atoms with Crippen LogP contribution in [0.1, 0.15) is 28.9 Å². The number of carboxylic acids is 1. The zero-order chi connectivity index (χ0) is 24.0. The van der Waals surface area contributed by atoms with Gasteiger partial charge in [-0.2, -0.15) is 0 Å². The van der Waals surface area contributed by atoms with Crippen molar-refractivity contribution in [2.24, 2.45) is 0 Å². The van der Waals surface area contributed by atoms with Crippen molar-refractivity contribution in [2.45, 2.75) is 28.9 Å². The Labute approximate surface area is 197 Å². The third kappa shape index (κ3) is 6.55. The lowest BCUT2D eigenvalue weighted by molar-refractivity contribution is 0.0696. The maximum absolute atomic E-state index is 12.7. The van der Waals surface area contributed by atoms with Crippen molar-refractivity contribution < 1.29 is 28.2 Å². The number of benzene rings is 3. The summed E-state index contributed by atoms with van der Waals surface area (Å²) in [5.41, 5.74) is 0.734. The van der Waals surface area contributed by atoms with E-state index in [-0.39, 0.29) is 21.4 Å². The van der Waals surface area contributed by atoms with E-state index in [1.165, 1.54) is 36.4 Å². The Hall–Kier alpha value is -2.91. The number of hydrogen-bond acceptors (Lipinski definition) is 6. The number of aliphatic hydroxyl groups is 1. The van der Waals surface area contributed by atoms with Crippen LogP contribution in [0.2, 0.25) is 5.02 Å². The summed E-state index contributed by atoms with van der Waals surface area (Å²) >= 11 is 5.95. The molecule has 9 heteroatoms. The highest BCUT2D eigenvalue weighted by Crippen LogP contribution is 2.24. The van der Waals surface area contributed by atoms with Gasteiger partial charge in [0.2, 0.25) is 9.84 Å². The van der Waals surface area contributed by atoms with Crippen LogP contribution in [-0.2, 0) is 9.84 Å². The Kier molecular flexibility index (Phi) is 8.10. The van der Waals surface area contributed by atoms with Crippen LogP contribution >= 0.6 is 11.6 Å². The molecule has 0 spiro atoms. The number of carbonyl (C=O) groups is 1. The third-order valence-corrected chi connectivity index (χ3v) is 6.96. The summed E-state index contributed by atoms with van der Waals surface area (Å²) in [5, 5.41) is 23.0. The number of sulfone groups is 1. The first-order valence-electron chi connectivity index (χ1n) is 10.1. The molecule has 33 heavy (non-hydrogen) atoms. The fraction of sp³-hybridized carbons (Fsp3) is 0.208. The van der Waals surface area contributed by atoms with Gasteiger partial charge in [-0.05, 0) is 73.2 Å². The van der Waals surface area contributed by atoms with Gasteiger partial charge in [-0.3, -0.25) is 0 Å². The molecule has 0 aliphatic rings. The van der Waals surface area contributed by atoms with E-state index in [9.17, 15) is 18.3 Å². The number of nitrogens with one attached hydrogen (secondary N) is 1. The van der Waals surface area contributed by atoms with E-state index in [1.807, 2.05) is 6.92 Å². The molecule has 0 aliphatic carbocycles. The first kappa shape index (κ1) is 24.7. The van der Waals surface area contributed by atoms with Crippen molar-refractivity contribution in [3.05, 3.63) is 88.9 Å². The van der Waals surface area contributed by atoms with Crippen LogP contribution < -0.4 is 10.1 Å². The van der Waals surface area contributed by atoms with Gasteiger partial charge in [-0.25, -0.2) is 13.2 Å². The van der Waals surface area contributed by atoms with Gasteiger partial charge in [-0.1, -0.05) is 23.7 Å². The molecule has 3 aromatic rings. The Balaban J connectivity index is 1.54. The number of hydrogen-bond donors (Lipinski definition) is 3. The topological polar surface area (TPSA) is 113 Å². The van der Waals surface area contributed by atoms with Crippen molar-refractivity contribution in [1.82, 2.24) is 5.32 Å². The molecular weight excluding hydrogens is 466 g/mol. The van der Waals surface area contributed by atoms with Crippen molar-refractivity contribution in [2.75, 3.05) is 13.2 Å². The van der Waals surface area contributed by atoms with Crippen molar-refractivity contribution in [1.29, 1.82) is 0 Å². The zero-order valence-electron chi connectivity index (χ0n) is 17.8. The summed E-state index contributed by atoms with van der Waals surface area (Å²) in [6.07, 6.45) is -0.708. The molecule has 0 aliphatic heterocycles. The molecule has 0 amide bonds. The van der Waals surface area contributed by atoms with Crippen LogP contribution in [0.5, 0.6) is 5.75 Å². The van der Waals surface area contributed by atoms with E-state index in [0.29, 0.717) is 23.9 Å². The van der Waals surface area contributed by atoms with Crippen LogP contribution in [0.3, 0.4) is 0 Å². The molecule has 3 rings (SSSR count). The van der Waals surface area contributed by atoms with Crippen LogP contribution in [0.4, 0.5) is 0 Å². The smallest absolute Gasteiger partial charge is 0.335 e. The molecule has 3 N–H and O–H groups in total. The van der Waals surface area contributed by atoms with Crippen LogP contribution in [-0.4, -0.2) is 43.8 Å². The number of aromatic carboxylic acids is 1. The molecule has 7 nitrogen and oxygen atoms in total. The van der Waals surface area contributed by atoms with E-state index in [1.54, 1.807) is 36.4 Å². The monoisotopic (exact) mass is 489 g/mol. The zero-order valence-corrected chi connectivity index (χ0v) is 19.4.